The Morgan fingerprint density at radius 3 is 2.70 bits per heavy atom. The van der Waals surface area contributed by atoms with E-state index in [4.69, 9.17) is 0 Å². The molecule has 2 aliphatic heterocycles. The van der Waals surface area contributed by atoms with E-state index in [2.05, 4.69) is 56.3 Å². The highest BCUT2D eigenvalue weighted by Crippen LogP contribution is 2.38. The fourth-order valence-electron chi connectivity index (χ4n) is 5.73. The molecule has 0 radical (unpaired) electrons. The second-order valence-corrected chi connectivity index (χ2v) is 9.92. The van der Waals surface area contributed by atoms with Crippen molar-refractivity contribution in [1.82, 2.24) is 24.1 Å². The first-order chi connectivity index (χ1) is 14.5. The second-order valence-electron chi connectivity index (χ2n) is 9.92. The number of likely N-dealkylation sites (tertiary alicyclic amines) is 1. The summed E-state index contributed by atoms with van der Waals surface area (Å²) >= 11 is 0. The van der Waals surface area contributed by atoms with Crippen molar-refractivity contribution in [2.24, 2.45) is 5.92 Å². The Balaban J connectivity index is 1.27. The summed E-state index contributed by atoms with van der Waals surface area (Å²) < 4.78 is 4.17. The molecule has 6 nitrogen and oxygen atoms in total. The topological polar surface area (TPSA) is 46.3 Å². The van der Waals surface area contributed by atoms with Crippen molar-refractivity contribution < 1.29 is 0 Å². The molecule has 3 aliphatic rings. The van der Waals surface area contributed by atoms with Crippen LogP contribution in [0, 0.1) is 19.8 Å². The van der Waals surface area contributed by atoms with Gasteiger partial charge in [-0.05, 0) is 58.2 Å². The monoisotopic (exact) mass is 409 g/mol. The predicted octanol–water partition coefficient (Wildman–Crippen LogP) is 2.77. The van der Waals surface area contributed by atoms with Crippen molar-refractivity contribution in [3.05, 3.63) is 51.2 Å². The Kier molecular flexibility index (Phi) is 5.31. The van der Waals surface area contributed by atoms with Crippen LogP contribution < -0.4 is 5.56 Å². The van der Waals surface area contributed by atoms with E-state index in [1.54, 1.807) is 0 Å². The Bertz CT molecular complexity index is 972. The van der Waals surface area contributed by atoms with Gasteiger partial charge in [0.2, 0.25) is 0 Å². The Hall–Kier alpha value is -1.92. The molecule has 1 saturated carbocycles. The molecule has 0 spiro atoms. The number of fused-ring (bicyclic) bond motifs is 4. The van der Waals surface area contributed by atoms with Crippen LogP contribution in [0.15, 0.2) is 23.0 Å². The van der Waals surface area contributed by atoms with E-state index in [-0.39, 0.29) is 5.56 Å². The lowest BCUT2D eigenvalue weighted by Gasteiger charge is -2.48. The summed E-state index contributed by atoms with van der Waals surface area (Å²) in [5, 5.41) is 4.55. The van der Waals surface area contributed by atoms with Crippen molar-refractivity contribution in [2.75, 3.05) is 26.7 Å². The molecule has 1 aliphatic carbocycles. The molecule has 2 aromatic rings. The smallest absolute Gasteiger partial charge is 0.255 e. The standard InChI is InChI=1S/C24H35N5O/c1-17-11-18(2)29(25-17)10-9-26(3)15-20-7-8-23-21-12-19(14-28(23)24(20)30)13-27(16-21)22-5-4-6-22/h7-8,11,19,21-22H,4-6,9-10,12-16H2,1-3H3/t19-,21+/m0/s1. The minimum atomic E-state index is 0.234. The highest BCUT2D eigenvalue weighted by Gasteiger charge is 2.38. The van der Waals surface area contributed by atoms with Crippen molar-refractivity contribution in [2.45, 2.75) is 71.1 Å². The van der Waals surface area contributed by atoms with Crippen LogP contribution in [0.3, 0.4) is 0 Å². The minimum Gasteiger partial charge on any atom is -0.312 e. The third kappa shape index (κ3) is 3.76. The number of aryl methyl sites for hydroxylation is 2. The van der Waals surface area contributed by atoms with Gasteiger partial charge in [0.15, 0.2) is 0 Å². The lowest BCUT2D eigenvalue weighted by Crippen LogP contribution is -2.52. The summed E-state index contributed by atoms with van der Waals surface area (Å²) in [5.41, 5.74) is 4.68. The van der Waals surface area contributed by atoms with Crippen LogP contribution in [-0.2, 0) is 19.6 Å². The Morgan fingerprint density at radius 1 is 1.17 bits per heavy atom. The zero-order chi connectivity index (χ0) is 20.8. The Labute approximate surface area is 179 Å². The number of hydrogen-bond acceptors (Lipinski definition) is 4. The van der Waals surface area contributed by atoms with Crippen molar-refractivity contribution in [1.29, 1.82) is 0 Å². The molecule has 6 heteroatoms. The summed E-state index contributed by atoms with van der Waals surface area (Å²) in [6, 6.07) is 7.26. The average molecular weight is 410 g/mol. The predicted molar refractivity (Wildman–Crippen MR) is 119 cm³/mol. The van der Waals surface area contributed by atoms with Crippen LogP contribution in [-0.4, -0.2) is 56.9 Å². The Morgan fingerprint density at radius 2 is 2.00 bits per heavy atom. The zero-order valence-electron chi connectivity index (χ0n) is 18.7. The largest absolute Gasteiger partial charge is 0.312 e. The molecule has 0 N–H and O–H groups in total. The number of likely N-dealkylation sites (N-methyl/N-ethyl adjacent to an activating group) is 1. The van der Waals surface area contributed by atoms with Crippen LogP contribution in [0.5, 0.6) is 0 Å². The summed E-state index contributed by atoms with van der Waals surface area (Å²) in [6.45, 7) is 9.77. The number of nitrogens with zero attached hydrogens (tertiary/aromatic N) is 5. The number of pyridine rings is 1. The van der Waals surface area contributed by atoms with Gasteiger partial charge in [0, 0.05) is 61.6 Å². The van der Waals surface area contributed by atoms with Gasteiger partial charge in [-0.3, -0.25) is 14.4 Å². The third-order valence-corrected chi connectivity index (χ3v) is 7.54. The SMILES string of the molecule is Cc1cc(C)n(CCN(C)Cc2ccc3n(c2=O)C[C@H]2C[C@@H]3CN(C3CCC3)C2)n1. The van der Waals surface area contributed by atoms with E-state index in [1.807, 2.05) is 6.92 Å². The van der Waals surface area contributed by atoms with E-state index < -0.39 is 0 Å². The molecular formula is C24H35N5O. The van der Waals surface area contributed by atoms with Crippen LogP contribution in [0.4, 0.5) is 0 Å². The molecule has 4 heterocycles. The minimum absolute atomic E-state index is 0.234. The molecule has 30 heavy (non-hydrogen) atoms. The molecule has 2 fully saturated rings. The molecule has 0 aromatic carbocycles. The quantitative estimate of drug-likeness (QED) is 0.736. The van der Waals surface area contributed by atoms with Crippen LogP contribution in [0.25, 0.3) is 0 Å². The fraction of sp³-hybridized carbons (Fsp3) is 0.667. The molecule has 0 unspecified atom stereocenters. The lowest BCUT2D eigenvalue weighted by molar-refractivity contribution is 0.0475. The van der Waals surface area contributed by atoms with Crippen LogP contribution in [0.1, 0.15) is 54.2 Å². The van der Waals surface area contributed by atoms with Crippen molar-refractivity contribution >= 4 is 0 Å². The van der Waals surface area contributed by atoms with E-state index in [1.165, 1.54) is 43.6 Å². The van der Waals surface area contributed by atoms with E-state index in [9.17, 15) is 4.79 Å². The van der Waals surface area contributed by atoms with E-state index in [0.29, 0.717) is 18.4 Å². The van der Waals surface area contributed by atoms with E-state index >= 15 is 0 Å². The van der Waals surface area contributed by atoms with Crippen molar-refractivity contribution in [3.8, 4) is 0 Å². The van der Waals surface area contributed by atoms with Crippen LogP contribution >= 0.6 is 0 Å². The van der Waals surface area contributed by atoms with Gasteiger partial charge in [-0.2, -0.15) is 5.10 Å². The molecule has 2 atom stereocenters. The fourth-order valence-corrected chi connectivity index (χ4v) is 5.73. The summed E-state index contributed by atoms with van der Waals surface area (Å²) in [5.74, 6) is 1.16. The molecule has 1 saturated heterocycles. The number of piperidine rings is 1. The first-order valence-corrected chi connectivity index (χ1v) is 11.6. The van der Waals surface area contributed by atoms with Crippen molar-refractivity contribution in [3.63, 3.8) is 0 Å². The normalized spacial score (nSPS) is 24.1. The highest BCUT2D eigenvalue weighted by atomic mass is 16.1. The average Bonchev–Trinajstić information content (AvgIpc) is 2.98. The van der Waals surface area contributed by atoms with Gasteiger partial charge in [0.25, 0.3) is 5.56 Å². The zero-order valence-corrected chi connectivity index (χ0v) is 18.7. The van der Waals surface area contributed by atoms with Gasteiger partial charge in [-0.1, -0.05) is 12.5 Å². The molecule has 2 bridgehead atoms. The number of rotatable bonds is 6. The third-order valence-electron chi connectivity index (χ3n) is 7.54. The molecule has 2 aromatic heterocycles. The number of aromatic nitrogens is 3. The highest BCUT2D eigenvalue weighted by molar-refractivity contribution is 5.22. The first kappa shape index (κ1) is 20.0. The van der Waals surface area contributed by atoms with Gasteiger partial charge >= 0.3 is 0 Å². The van der Waals surface area contributed by atoms with Gasteiger partial charge in [-0.15, -0.1) is 0 Å². The maximum Gasteiger partial charge on any atom is 0.255 e. The number of hydrogen-bond donors (Lipinski definition) is 0. The van der Waals surface area contributed by atoms with Gasteiger partial charge in [0.05, 0.1) is 12.2 Å². The molecule has 162 valence electrons. The van der Waals surface area contributed by atoms with Crippen LogP contribution in [0.2, 0.25) is 0 Å². The molecule has 0 amide bonds. The summed E-state index contributed by atoms with van der Waals surface area (Å²) in [6.07, 6.45) is 5.39. The van der Waals surface area contributed by atoms with Gasteiger partial charge in [0.1, 0.15) is 0 Å². The molecular weight excluding hydrogens is 374 g/mol. The van der Waals surface area contributed by atoms with Gasteiger partial charge < -0.3 is 9.47 Å². The van der Waals surface area contributed by atoms with Gasteiger partial charge in [-0.25, -0.2) is 0 Å². The van der Waals surface area contributed by atoms with E-state index in [0.717, 1.165) is 43.5 Å². The second kappa shape index (κ2) is 7.97. The molecule has 5 rings (SSSR count). The first-order valence-electron chi connectivity index (χ1n) is 11.6. The maximum absolute atomic E-state index is 13.3. The summed E-state index contributed by atoms with van der Waals surface area (Å²) in [7, 11) is 2.10. The summed E-state index contributed by atoms with van der Waals surface area (Å²) in [4.78, 5) is 18.3. The lowest BCUT2D eigenvalue weighted by atomic mass is 9.80. The maximum atomic E-state index is 13.3.